The molecule has 0 amide bonds. The van der Waals surface area contributed by atoms with Crippen molar-refractivity contribution < 1.29 is 41.2 Å². The predicted molar refractivity (Wildman–Crippen MR) is 363 cm³/mol. The van der Waals surface area contributed by atoms with E-state index in [0.29, 0.717) is 0 Å². The third-order valence-electron chi connectivity index (χ3n) is 6.46. The Kier molecular flexibility index (Phi) is 156. The third-order valence-corrected chi connectivity index (χ3v) is 6.46. The predicted octanol–water partition coefficient (Wildman–Crippen LogP) is 24.9. The Hall–Kier alpha value is -5.00. The van der Waals surface area contributed by atoms with Crippen molar-refractivity contribution in [3.63, 3.8) is 0 Å². The van der Waals surface area contributed by atoms with Gasteiger partial charge in [-0.3, -0.25) is 0 Å². The fourth-order valence-electron chi connectivity index (χ4n) is 4.54. The van der Waals surface area contributed by atoms with Gasteiger partial charge < -0.3 is 44.2 Å². The van der Waals surface area contributed by atoms with Crippen LogP contribution in [0.1, 0.15) is 194 Å². The maximum Gasteiger partial charge on any atom is 4.00 e. The van der Waals surface area contributed by atoms with E-state index >= 15 is 0 Å². The van der Waals surface area contributed by atoms with E-state index in [1.807, 2.05) is 142 Å². The summed E-state index contributed by atoms with van der Waals surface area (Å²) in [6.45, 7) is 38.3. The van der Waals surface area contributed by atoms with E-state index in [2.05, 4.69) is 180 Å². The number of para-hydroxylation sites is 2. The zero-order valence-electron chi connectivity index (χ0n) is 49.8. The van der Waals surface area contributed by atoms with Gasteiger partial charge in [-0.25, -0.2) is 0 Å². The third kappa shape index (κ3) is 58.5. The molecular formula is C72H123IrN3Pt-2. The van der Waals surface area contributed by atoms with Crippen LogP contribution in [0.3, 0.4) is 0 Å². The number of aromatic nitrogens is 3. The van der Waals surface area contributed by atoms with Crippen molar-refractivity contribution in [2.45, 2.75) is 194 Å². The van der Waals surface area contributed by atoms with E-state index in [-0.39, 0.29) is 108 Å². The molecule has 447 valence electrons. The van der Waals surface area contributed by atoms with Crippen LogP contribution in [0, 0.1) is 78.9 Å². The summed E-state index contributed by atoms with van der Waals surface area (Å²) in [5.41, 5.74) is 7.49. The molecule has 3 heterocycles. The minimum atomic E-state index is 0. The van der Waals surface area contributed by atoms with Crippen molar-refractivity contribution in [2.75, 3.05) is 0 Å². The van der Waals surface area contributed by atoms with Gasteiger partial charge >= 0.3 is 21.1 Å². The number of hydrogen-bond acceptors (Lipinski definition) is 2. The van der Waals surface area contributed by atoms with Gasteiger partial charge in [0.2, 0.25) is 0 Å². The van der Waals surface area contributed by atoms with Crippen LogP contribution in [-0.2, 0) is 41.2 Å². The largest absolute Gasteiger partial charge is 4.00 e. The summed E-state index contributed by atoms with van der Waals surface area (Å²) >= 11 is 0. The molecule has 4 aromatic carbocycles. The van der Waals surface area contributed by atoms with E-state index in [1.54, 1.807) is 13.1 Å². The molecule has 0 atom stereocenters. The number of pyridine rings is 2. The molecule has 0 fully saturated rings. The summed E-state index contributed by atoms with van der Waals surface area (Å²) in [5.74, 6) is 7.61. The number of rotatable bonds is 3. The summed E-state index contributed by atoms with van der Waals surface area (Å²) in [5, 5.41) is 2.54. The van der Waals surface area contributed by atoms with Gasteiger partial charge in [0.05, 0.1) is 11.0 Å². The van der Waals surface area contributed by atoms with Gasteiger partial charge in [0.1, 0.15) is 0 Å². The summed E-state index contributed by atoms with van der Waals surface area (Å²) in [6, 6.07) is 49.4. The molecule has 0 aliphatic carbocycles. The summed E-state index contributed by atoms with van der Waals surface area (Å²) in [6.07, 6.45) is 21.2. The number of fused-ring (bicyclic) bond motifs is 3. The van der Waals surface area contributed by atoms with Gasteiger partial charge in [-0.2, -0.15) is 0 Å². The molecule has 7 rings (SSSR count). The minimum Gasteiger partial charge on any atom is -0.358 e. The molecule has 0 spiro atoms. The van der Waals surface area contributed by atoms with Crippen molar-refractivity contribution in [1.29, 1.82) is 0 Å². The van der Waals surface area contributed by atoms with Crippen LogP contribution < -0.4 is 0 Å². The quantitative estimate of drug-likeness (QED) is 0.130. The Morgan fingerprint density at radius 2 is 0.727 bits per heavy atom. The molecule has 0 bridgehead atoms. The zero-order valence-corrected chi connectivity index (χ0v) is 54.5. The Labute approximate surface area is 515 Å². The van der Waals surface area contributed by atoms with Gasteiger partial charge in [-0.15, -0.1) is 103 Å². The molecular weight excluding hydrogens is 1290 g/mol. The van der Waals surface area contributed by atoms with Crippen molar-refractivity contribution >= 4 is 21.8 Å². The number of hydrogen-bond donors (Lipinski definition) is 0. The Morgan fingerprint density at radius 1 is 0.442 bits per heavy atom. The van der Waals surface area contributed by atoms with E-state index in [9.17, 15) is 0 Å². The second kappa shape index (κ2) is 99.9. The maximum absolute atomic E-state index is 4.60. The molecule has 0 saturated carbocycles. The second-order valence-corrected chi connectivity index (χ2v) is 12.2. The minimum absolute atomic E-state index is 0. The number of benzene rings is 4. The van der Waals surface area contributed by atoms with E-state index in [1.165, 1.54) is 47.5 Å². The van der Waals surface area contributed by atoms with Crippen LogP contribution in [-0.4, -0.2) is 14.5 Å². The second-order valence-electron chi connectivity index (χ2n) is 12.2. The van der Waals surface area contributed by atoms with Crippen LogP contribution in [0.4, 0.5) is 0 Å². The van der Waals surface area contributed by atoms with Gasteiger partial charge in [0, 0.05) is 43.3 Å². The Bertz CT molecular complexity index is 2020. The number of nitrogens with zero attached hydrogens (tertiary/aromatic N) is 3. The topological polar surface area (TPSA) is 30.7 Å². The maximum atomic E-state index is 4.60. The molecule has 3 nitrogen and oxygen atoms in total. The molecule has 0 aliphatic rings. The molecule has 3 aromatic heterocycles. The van der Waals surface area contributed by atoms with Crippen molar-refractivity contribution in [3.8, 4) is 65.2 Å². The summed E-state index contributed by atoms with van der Waals surface area (Å²) in [7, 11) is 0. The normalized spacial score (nSPS) is 6.70. The van der Waals surface area contributed by atoms with Gasteiger partial charge in [-0.1, -0.05) is 234 Å². The fraction of sp³-hybridized carbons (Fsp3) is 0.389. The van der Waals surface area contributed by atoms with Crippen LogP contribution >= 0.6 is 0 Å². The van der Waals surface area contributed by atoms with E-state index < -0.39 is 0 Å². The fourth-order valence-corrected chi connectivity index (χ4v) is 4.54. The van der Waals surface area contributed by atoms with Gasteiger partial charge in [0.25, 0.3) is 0 Å². The van der Waals surface area contributed by atoms with E-state index in [4.69, 9.17) is 0 Å². The average molecular weight is 1420 g/mol. The first-order valence-electron chi connectivity index (χ1n) is 24.2. The molecule has 0 unspecified atom stereocenters. The first kappa shape index (κ1) is 120. The molecule has 0 saturated heterocycles. The molecule has 77 heavy (non-hydrogen) atoms. The van der Waals surface area contributed by atoms with E-state index in [0.717, 1.165) is 28.2 Å². The molecule has 0 aliphatic heterocycles. The molecule has 1 radical (unpaired) electrons. The summed E-state index contributed by atoms with van der Waals surface area (Å²) < 4.78 is 2.31. The van der Waals surface area contributed by atoms with Crippen molar-refractivity contribution in [3.05, 3.63) is 182 Å². The van der Waals surface area contributed by atoms with Crippen molar-refractivity contribution in [1.82, 2.24) is 14.5 Å². The van der Waals surface area contributed by atoms with Crippen LogP contribution in [0.2, 0.25) is 0 Å². The monoisotopic (exact) mass is 1420 g/mol. The molecule has 5 heteroatoms. The van der Waals surface area contributed by atoms with Crippen LogP contribution in [0.15, 0.2) is 140 Å². The molecule has 7 aromatic rings. The standard InChI is InChI=1S/C23H15N2.C11H8N.C4H6.4C3H8.C3H4.4C2H6.C2H2.5CH4.4CH3.Ir.Pt/c1-3-13-22-19(10-1)20-11-2-4-14-23(20)25(22)18-9-7-8-17(16-18)21-12-5-6-15-24-21;1-2-6-10(7-3-1)11-8-4-5-9-12-11;1-3-4-2;5*1-3-2;5*1-2;;;;;;;;;;;/h1-7,9-16H;1-6,8-9H;1-2H3;4*3H2,1-2H3;1H,2H3;4*1-2H3;1-2H;5*1H4;4*1H3;;/q2*-1;;;;;;;;;;;;;;;;;4*-1;;+4. The van der Waals surface area contributed by atoms with Crippen molar-refractivity contribution in [2.24, 2.45) is 0 Å². The van der Waals surface area contributed by atoms with Gasteiger partial charge in [0.15, 0.2) is 0 Å². The van der Waals surface area contributed by atoms with Crippen LogP contribution in [0.5, 0.6) is 0 Å². The zero-order chi connectivity index (χ0) is 51.8. The number of terminal acetylenes is 2. The summed E-state index contributed by atoms with van der Waals surface area (Å²) in [4.78, 5) is 8.67. The Morgan fingerprint density at radius 3 is 1.01 bits per heavy atom. The Balaban J connectivity index is -0.0000000400. The average Bonchev–Trinajstić information content (AvgIpc) is 3.74. The van der Waals surface area contributed by atoms with Crippen LogP contribution in [0.25, 0.3) is 50.0 Å². The SMILES string of the molecule is C.C.C.C.C.C#C.C#CC.CC.CC.CC.CC.CC#CC.CCC.CCC.CCC.CCC.[CH3-].[CH3-].[CH3-].[CH3-].[Ir].[Pt+4].[c-]1ccc(-n2c3ccccc3c3ccccc32)cc1-c1ccccn1.[c-]1ccccc1-c1ccccn1. The first-order valence-corrected chi connectivity index (χ1v) is 24.2. The first-order chi connectivity index (χ1) is 32.4. The molecule has 0 N–H and O–H groups in total. The smallest absolute Gasteiger partial charge is 0.358 e. The van der Waals surface area contributed by atoms with Gasteiger partial charge in [-0.05, 0) is 62.1 Å².